The highest BCUT2D eigenvalue weighted by atomic mass is 16.7. The minimum absolute atomic E-state index is 0.0839. The maximum Gasteiger partial charge on any atom is 0.508 e. The fourth-order valence-corrected chi connectivity index (χ4v) is 1.42. The highest BCUT2D eigenvalue weighted by molar-refractivity contribution is 5.59. The number of carbonyl (C=O) groups is 1. The van der Waals surface area contributed by atoms with E-state index in [4.69, 9.17) is 14.2 Å². The van der Waals surface area contributed by atoms with E-state index in [0.29, 0.717) is 13.2 Å². The molecule has 1 heterocycles. The van der Waals surface area contributed by atoms with Crippen LogP contribution in [0.4, 0.5) is 4.79 Å². The Bertz CT molecular complexity index is 233. The third-order valence-electron chi connectivity index (χ3n) is 2.24. The number of rotatable bonds is 6. The van der Waals surface area contributed by atoms with Crippen LogP contribution in [-0.2, 0) is 18.9 Å². The minimum Gasteiger partial charge on any atom is -0.435 e. The fourth-order valence-electron chi connectivity index (χ4n) is 1.42. The molecule has 0 aromatic rings. The molecule has 0 spiro atoms. The number of hydrogen-bond donors (Lipinski definition) is 0. The summed E-state index contributed by atoms with van der Waals surface area (Å²) in [5.74, 6) is 0. The van der Waals surface area contributed by atoms with Crippen LogP contribution in [0, 0.1) is 0 Å². The SMILES string of the molecule is CCOC(=O)OC/C=C\COC1CCCCO1. The van der Waals surface area contributed by atoms with Gasteiger partial charge in [0.1, 0.15) is 6.61 Å². The lowest BCUT2D eigenvalue weighted by Crippen LogP contribution is -2.22. The summed E-state index contributed by atoms with van der Waals surface area (Å²) in [5, 5.41) is 0. The molecule has 0 aliphatic carbocycles. The third kappa shape index (κ3) is 6.97. The Morgan fingerprint density at radius 3 is 2.82 bits per heavy atom. The van der Waals surface area contributed by atoms with Crippen LogP contribution in [0.2, 0.25) is 0 Å². The van der Waals surface area contributed by atoms with Crippen LogP contribution in [0.3, 0.4) is 0 Å². The van der Waals surface area contributed by atoms with Crippen molar-refractivity contribution in [3.63, 3.8) is 0 Å². The quantitative estimate of drug-likeness (QED) is 0.530. The molecule has 1 atom stereocenters. The molecular weight excluding hydrogens is 224 g/mol. The number of hydrogen-bond acceptors (Lipinski definition) is 5. The van der Waals surface area contributed by atoms with E-state index < -0.39 is 6.16 Å². The highest BCUT2D eigenvalue weighted by Crippen LogP contribution is 2.13. The maximum absolute atomic E-state index is 10.8. The Morgan fingerprint density at radius 2 is 2.12 bits per heavy atom. The molecule has 0 amide bonds. The molecule has 1 rings (SSSR count). The van der Waals surface area contributed by atoms with Gasteiger partial charge in [-0.25, -0.2) is 4.79 Å². The summed E-state index contributed by atoms with van der Waals surface area (Å²) in [7, 11) is 0. The lowest BCUT2D eigenvalue weighted by Gasteiger charge is -2.21. The van der Waals surface area contributed by atoms with Crippen molar-refractivity contribution in [3.05, 3.63) is 12.2 Å². The van der Waals surface area contributed by atoms with Gasteiger partial charge < -0.3 is 18.9 Å². The third-order valence-corrected chi connectivity index (χ3v) is 2.24. The van der Waals surface area contributed by atoms with Crippen molar-refractivity contribution in [2.45, 2.75) is 32.5 Å². The van der Waals surface area contributed by atoms with Crippen molar-refractivity contribution in [3.8, 4) is 0 Å². The first-order chi connectivity index (χ1) is 8.33. The largest absolute Gasteiger partial charge is 0.508 e. The van der Waals surface area contributed by atoms with E-state index in [1.807, 2.05) is 0 Å². The summed E-state index contributed by atoms with van der Waals surface area (Å²) in [5.41, 5.74) is 0. The molecule has 0 aromatic heterocycles. The average molecular weight is 244 g/mol. The Kier molecular flexibility index (Phi) is 7.42. The summed E-state index contributed by atoms with van der Waals surface area (Å²) in [6.07, 6.45) is 6.01. The Labute approximate surface area is 102 Å². The zero-order valence-electron chi connectivity index (χ0n) is 10.2. The van der Waals surface area contributed by atoms with Crippen molar-refractivity contribution in [2.24, 2.45) is 0 Å². The first-order valence-electron chi connectivity index (χ1n) is 6.00. The molecule has 1 saturated heterocycles. The summed E-state index contributed by atoms with van der Waals surface area (Å²) < 4.78 is 20.2. The molecule has 0 saturated carbocycles. The van der Waals surface area contributed by atoms with Crippen LogP contribution in [-0.4, -0.2) is 38.9 Å². The molecule has 1 aliphatic rings. The van der Waals surface area contributed by atoms with Gasteiger partial charge >= 0.3 is 6.16 Å². The van der Waals surface area contributed by atoms with Crippen LogP contribution in [0.25, 0.3) is 0 Å². The maximum atomic E-state index is 10.8. The summed E-state index contributed by atoms with van der Waals surface area (Å²) in [4.78, 5) is 10.8. The van der Waals surface area contributed by atoms with Crippen LogP contribution in [0.15, 0.2) is 12.2 Å². The van der Waals surface area contributed by atoms with Gasteiger partial charge in [0, 0.05) is 6.61 Å². The van der Waals surface area contributed by atoms with Gasteiger partial charge in [-0.1, -0.05) is 6.08 Å². The molecule has 0 bridgehead atoms. The minimum atomic E-state index is -0.645. The molecule has 5 nitrogen and oxygen atoms in total. The van der Waals surface area contributed by atoms with Crippen molar-refractivity contribution < 1.29 is 23.7 Å². The second-order valence-electron chi connectivity index (χ2n) is 3.59. The molecule has 98 valence electrons. The first-order valence-corrected chi connectivity index (χ1v) is 6.00. The summed E-state index contributed by atoms with van der Waals surface area (Å²) in [6.45, 7) is 3.50. The van der Waals surface area contributed by atoms with Crippen molar-refractivity contribution in [2.75, 3.05) is 26.4 Å². The van der Waals surface area contributed by atoms with Crippen LogP contribution in [0.5, 0.6) is 0 Å². The van der Waals surface area contributed by atoms with Crippen molar-refractivity contribution in [1.82, 2.24) is 0 Å². The van der Waals surface area contributed by atoms with Gasteiger partial charge in [-0.2, -0.15) is 0 Å². The zero-order chi connectivity index (χ0) is 12.3. The molecular formula is C12H20O5. The molecule has 17 heavy (non-hydrogen) atoms. The van der Waals surface area contributed by atoms with E-state index in [2.05, 4.69) is 4.74 Å². The normalized spacial score (nSPS) is 20.4. The second-order valence-corrected chi connectivity index (χ2v) is 3.59. The molecule has 1 unspecified atom stereocenters. The standard InChI is InChI=1S/C12H20O5/c1-2-14-12(13)17-10-6-5-9-16-11-7-3-4-8-15-11/h5-6,11H,2-4,7-10H2,1H3/b6-5-. The van der Waals surface area contributed by atoms with Gasteiger partial charge in [-0.15, -0.1) is 0 Å². The van der Waals surface area contributed by atoms with Gasteiger partial charge in [0.2, 0.25) is 0 Å². The highest BCUT2D eigenvalue weighted by Gasteiger charge is 2.12. The van der Waals surface area contributed by atoms with Gasteiger partial charge in [0.25, 0.3) is 0 Å². The number of ether oxygens (including phenoxy) is 4. The van der Waals surface area contributed by atoms with Gasteiger partial charge in [-0.3, -0.25) is 0 Å². The predicted molar refractivity (Wildman–Crippen MR) is 61.7 cm³/mol. The second kappa shape index (κ2) is 9.01. The van der Waals surface area contributed by atoms with E-state index in [9.17, 15) is 4.79 Å². The first kappa shape index (κ1) is 14.0. The molecule has 0 radical (unpaired) electrons. The fraction of sp³-hybridized carbons (Fsp3) is 0.750. The summed E-state index contributed by atoms with van der Waals surface area (Å²) in [6, 6.07) is 0. The van der Waals surface area contributed by atoms with E-state index in [1.165, 1.54) is 0 Å². The molecule has 0 N–H and O–H groups in total. The van der Waals surface area contributed by atoms with Crippen molar-refractivity contribution in [1.29, 1.82) is 0 Å². The molecule has 0 aromatic carbocycles. The lowest BCUT2D eigenvalue weighted by atomic mass is 10.2. The molecule has 5 heteroatoms. The van der Waals surface area contributed by atoms with Crippen LogP contribution >= 0.6 is 0 Å². The average Bonchev–Trinajstić information content (AvgIpc) is 2.35. The van der Waals surface area contributed by atoms with Crippen LogP contribution in [0.1, 0.15) is 26.2 Å². The Morgan fingerprint density at radius 1 is 1.29 bits per heavy atom. The smallest absolute Gasteiger partial charge is 0.435 e. The number of carbonyl (C=O) groups excluding carboxylic acids is 1. The molecule has 1 aliphatic heterocycles. The monoisotopic (exact) mass is 244 g/mol. The topological polar surface area (TPSA) is 54.0 Å². The van der Waals surface area contributed by atoms with E-state index >= 15 is 0 Å². The van der Waals surface area contributed by atoms with E-state index in [0.717, 1.165) is 25.9 Å². The molecule has 1 fully saturated rings. The van der Waals surface area contributed by atoms with E-state index in [1.54, 1.807) is 19.1 Å². The van der Waals surface area contributed by atoms with Gasteiger partial charge in [0.05, 0.1) is 13.2 Å². The van der Waals surface area contributed by atoms with Crippen molar-refractivity contribution >= 4 is 6.16 Å². The Balaban J connectivity index is 1.96. The van der Waals surface area contributed by atoms with Crippen LogP contribution < -0.4 is 0 Å². The van der Waals surface area contributed by atoms with Gasteiger partial charge in [-0.05, 0) is 32.3 Å². The van der Waals surface area contributed by atoms with Gasteiger partial charge in [0.15, 0.2) is 6.29 Å². The van der Waals surface area contributed by atoms with E-state index in [-0.39, 0.29) is 12.9 Å². The summed E-state index contributed by atoms with van der Waals surface area (Å²) >= 11 is 0. The lowest BCUT2D eigenvalue weighted by molar-refractivity contribution is -0.155. The predicted octanol–water partition coefficient (Wildman–Crippen LogP) is 2.26. The zero-order valence-corrected chi connectivity index (χ0v) is 10.2. The Hall–Kier alpha value is -1.07.